The Morgan fingerprint density at radius 2 is 1.45 bits per heavy atom. The highest BCUT2D eigenvalue weighted by atomic mass is 32.1. The monoisotopic (exact) mass is 632 g/mol. The van der Waals surface area contributed by atoms with Crippen LogP contribution in [0.1, 0.15) is 21.5 Å². The zero-order valence-electron chi connectivity index (χ0n) is 23.4. The smallest absolute Gasteiger partial charge is 0.348 e. The van der Waals surface area contributed by atoms with E-state index in [0.29, 0.717) is 9.75 Å². The zero-order valence-corrected chi connectivity index (χ0v) is 25.8. The lowest BCUT2D eigenvalue weighted by atomic mass is 10.1. The molecule has 3 aromatic heterocycles. The van der Waals surface area contributed by atoms with E-state index in [9.17, 15) is 20.0 Å². The molecule has 0 atom stereocenters. The number of hydrogen-bond acceptors (Lipinski definition) is 8. The van der Waals surface area contributed by atoms with E-state index < -0.39 is 11.9 Å². The summed E-state index contributed by atoms with van der Waals surface area (Å²) in [5, 5.41) is 19.6. The molecule has 6 nitrogen and oxygen atoms in total. The second kappa shape index (κ2) is 12.7. The number of benzene rings is 3. The normalized spacial score (nSPS) is 11.3. The number of esters is 1. The van der Waals surface area contributed by atoms with Crippen LogP contribution in [-0.4, -0.2) is 23.7 Å². The fourth-order valence-electron chi connectivity index (χ4n) is 4.80. The van der Waals surface area contributed by atoms with E-state index in [1.807, 2.05) is 42.5 Å². The third-order valence-electron chi connectivity index (χ3n) is 6.78. The van der Waals surface area contributed by atoms with Crippen molar-refractivity contribution in [1.29, 1.82) is 5.26 Å². The number of fused-ring (bicyclic) bond motifs is 1. The van der Waals surface area contributed by atoms with Crippen molar-refractivity contribution in [3.63, 3.8) is 0 Å². The fourth-order valence-corrected chi connectivity index (χ4v) is 8.34. The highest BCUT2D eigenvalue weighted by molar-refractivity contribution is 7.29. The molecule has 1 N–H and O–H groups in total. The van der Waals surface area contributed by atoms with Crippen LogP contribution < -0.4 is 4.90 Å². The van der Waals surface area contributed by atoms with Gasteiger partial charge in [-0.3, -0.25) is 0 Å². The van der Waals surface area contributed by atoms with E-state index in [0.717, 1.165) is 47.3 Å². The van der Waals surface area contributed by atoms with Crippen molar-refractivity contribution in [2.45, 2.75) is 6.92 Å². The first-order valence-corrected chi connectivity index (χ1v) is 16.1. The molecule has 0 spiro atoms. The Morgan fingerprint density at radius 3 is 2.05 bits per heavy atom. The highest BCUT2D eigenvalue weighted by Gasteiger charge is 2.22. The molecule has 9 heteroatoms. The number of anilines is 3. The van der Waals surface area contributed by atoms with Gasteiger partial charge in [0.2, 0.25) is 0 Å². The lowest BCUT2D eigenvalue weighted by Crippen LogP contribution is -2.09. The van der Waals surface area contributed by atoms with E-state index in [4.69, 9.17) is 4.74 Å². The van der Waals surface area contributed by atoms with Gasteiger partial charge in [-0.25, -0.2) is 9.59 Å². The van der Waals surface area contributed by atoms with Gasteiger partial charge < -0.3 is 14.7 Å². The number of nitriles is 1. The quantitative estimate of drug-likeness (QED) is 0.0969. The number of nitrogens with zero attached hydrogens (tertiary/aromatic N) is 2. The average molecular weight is 633 g/mol. The minimum absolute atomic E-state index is 0.252. The summed E-state index contributed by atoms with van der Waals surface area (Å²) >= 11 is 4.27. The van der Waals surface area contributed by atoms with E-state index in [1.54, 1.807) is 30.4 Å². The molecule has 0 aliphatic carbocycles. The van der Waals surface area contributed by atoms with Gasteiger partial charge in [0.1, 0.15) is 16.5 Å². The van der Waals surface area contributed by atoms with Crippen LogP contribution in [0.5, 0.6) is 0 Å². The standard InChI is InChI=1S/C35H24N2O4S3/c1-2-41-35(40)31-20-27-32(43-30(33(27)44-31)19-23(21-36)34(38)39)29-18-17-28(42-29)22-13-15-26(16-14-22)37(24-9-5-3-6-10-24)25-11-7-4-8-12-25/h3-20H,2H2,1H3,(H,38,39)/b23-19-. The summed E-state index contributed by atoms with van der Waals surface area (Å²) in [6, 6.07) is 36.6. The highest BCUT2D eigenvalue weighted by Crippen LogP contribution is 2.47. The first-order chi connectivity index (χ1) is 21.5. The van der Waals surface area contributed by atoms with Crippen molar-refractivity contribution in [3.05, 3.63) is 118 Å². The van der Waals surface area contributed by atoms with Gasteiger partial charge in [-0.05, 0) is 73.2 Å². The molecule has 3 heterocycles. The van der Waals surface area contributed by atoms with Gasteiger partial charge in [-0.15, -0.1) is 34.0 Å². The Bertz CT molecular complexity index is 1990. The zero-order chi connectivity index (χ0) is 30.6. The largest absolute Gasteiger partial charge is 0.477 e. The molecule has 0 amide bonds. The van der Waals surface area contributed by atoms with Gasteiger partial charge in [-0.1, -0.05) is 48.5 Å². The van der Waals surface area contributed by atoms with Crippen LogP contribution in [0.3, 0.4) is 0 Å². The van der Waals surface area contributed by atoms with Crippen LogP contribution in [0.15, 0.2) is 109 Å². The summed E-state index contributed by atoms with van der Waals surface area (Å²) in [4.78, 5) is 30.3. The molecular formula is C35H24N2O4S3. The van der Waals surface area contributed by atoms with Crippen LogP contribution in [0.2, 0.25) is 0 Å². The van der Waals surface area contributed by atoms with Crippen molar-refractivity contribution in [1.82, 2.24) is 0 Å². The number of aliphatic carboxylic acids is 1. The van der Waals surface area contributed by atoms with Gasteiger partial charge >= 0.3 is 11.9 Å². The van der Waals surface area contributed by atoms with Crippen molar-refractivity contribution < 1.29 is 19.4 Å². The lowest BCUT2D eigenvalue weighted by Gasteiger charge is -2.25. The van der Waals surface area contributed by atoms with Gasteiger partial charge in [0.25, 0.3) is 0 Å². The molecule has 0 saturated heterocycles. The molecule has 0 aliphatic heterocycles. The van der Waals surface area contributed by atoms with Crippen LogP contribution in [0.4, 0.5) is 17.1 Å². The topological polar surface area (TPSA) is 90.6 Å². The summed E-state index contributed by atoms with van der Waals surface area (Å²) < 4.78 is 5.96. The maximum Gasteiger partial charge on any atom is 0.348 e. The maximum atomic E-state index is 12.5. The second-order valence-electron chi connectivity index (χ2n) is 9.56. The number of carboxylic acid groups (broad SMARTS) is 1. The first kappa shape index (κ1) is 29.1. The Labute approximate surface area is 266 Å². The molecule has 0 unspecified atom stereocenters. The third kappa shape index (κ3) is 5.79. The second-order valence-corrected chi connectivity index (χ2v) is 12.7. The first-order valence-electron chi connectivity index (χ1n) is 13.7. The number of ether oxygens (including phenoxy) is 1. The average Bonchev–Trinajstić information content (AvgIpc) is 3.78. The predicted molar refractivity (Wildman–Crippen MR) is 180 cm³/mol. The van der Waals surface area contributed by atoms with Gasteiger partial charge in [0, 0.05) is 37.1 Å². The van der Waals surface area contributed by atoms with Crippen LogP contribution in [0.25, 0.3) is 36.4 Å². The molecule has 6 rings (SSSR count). The minimum atomic E-state index is -1.29. The number of rotatable bonds is 9. The third-order valence-corrected chi connectivity index (χ3v) is 10.5. The molecule has 3 aromatic carbocycles. The summed E-state index contributed by atoms with van der Waals surface area (Å²) in [6.45, 7) is 2.00. The van der Waals surface area contributed by atoms with Crippen molar-refractivity contribution >= 4 is 79.2 Å². The van der Waals surface area contributed by atoms with E-state index >= 15 is 0 Å². The summed E-state index contributed by atoms with van der Waals surface area (Å²) in [7, 11) is 0. The number of hydrogen-bond donors (Lipinski definition) is 1. The number of carbonyl (C=O) groups excluding carboxylic acids is 1. The lowest BCUT2D eigenvalue weighted by molar-refractivity contribution is -0.132. The van der Waals surface area contributed by atoms with Crippen molar-refractivity contribution in [2.75, 3.05) is 11.5 Å². The summed E-state index contributed by atoms with van der Waals surface area (Å²) in [5.74, 6) is -1.72. The molecule has 6 aromatic rings. The summed E-state index contributed by atoms with van der Waals surface area (Å²) in [5.41, 5.74) is 3.87. The van der Waals surface area contributed by atoms with Crippen LogP contribution in [-0.2, 0) is 9.53 Å². The fraction of sp³-hybridized carbons (Fsp3) is 0.0571. The van der Waals surface area contributed by atoms with E-state index in [1.165, 1.54) is 28.7 Å². The number of para-hydroxylation sites is 2. The molecule has 0 saturated carbocycles. The summed E-state index contributed by atoms with van der Waals surface area (Å²) in [6.07, 6.45) is 1.38. The Kier molecular flexibility index (Phi) is 8.39. The van der Waals surface area contributed by atoms with E-state index in [2.05, 4.69) is 59.5 Å². The van der Waals surface area contributed by atoms with Gasteiger partial charge in [0.05, 0.1) is 16.2 Å². The van der Waals surface area contributed by atoms with Crippen molar-refractivity contribution in [2.24, 2.45) is 0 Å². The van der Waals surface area contributed by atoms with E-state index in [-0.39, 0.29) is 12.2 Å². The molecule has 0 radical (unpaired) electrons. The Morgan fingerprint density at radius 1 is 0.841 bits per heavy atom. The van der Waals surface area contributed by atoms with Crippen molar-refractivity contribution in [3.8, 4) is 26.3 Å². The molecule has 216 valence electrons. The Balaban J connectivity index is 1.37. The van der Waals surface area contributed by atoms with Crippen LogP contribution >= 0.6 is 34.0 Å². The molecule has 0 aliphatic rings. The SMILES string of the molecule is CCOC(=O)c1cc2c(-c3ccc(-c4ccc(N(c5ccccc5)c5ccccc5)cc4)s3)sc(/C=C(/C#N)C(=O)O)c2s1. The van der Waals surface area contributed by atoms with Gasteiger partial charge in [-0.2, -0.15) is 5.26 Å². The maximum absolute atomic E-state index is 12.5. The Hall–Kier alpha value is -5.01. The number of thiophene rings is 3. The predicted octanol–water partition coefficient (Wildman–Crippen LogP) is 10.00. The van der Waals surface area contributed by atoms with Crippen LogP contribution in [0, 0.1) is 11.3 Å². The minimum Gasteiger partial charge on any atom is -0.477 e. The number of carboxylic acids is 1. The number of carbonyl (C=O) groups is 2. The molecule has 0 bridgehead atoms. The molecule has 0 fully saturated rings. The molecular weight excluding hydrogens is 609 g/mol. The molecule has 44 heavy (non-hydrogen) atoms. The van der Waals surface area contributed by atoms with Gasteiger partial charge in [0.15, 0.2) is 0 Å².